The van der Waals surface area contributed by atoms with Crippen LogP contribution in [-0.4, -0.2) is 9.13 Å². The van der Waals surface area contributed by atoms with Crippen molar-refractivity contribution >= 4 is 43.6 Å². The van der Waals surface area contributed by atoms with Gasteiger partial charge < -0.3 is 9.13 Å². The Morgan fingerprint density at radius 1 is 0.313 bits per heavy atom. The first-order valence-corrected chi connectivity index (χ1v) is 22.0. The minimum Gasteiger partial charge on any atom is -0.308 e. The summed E-state index contributed by atoms with van der Waals surface area (Å²) in [6, 6.07) is 74.0. The molecule has 0 fully saturated rings. The van der Waals surface area contributed by atoms with E-state index in [9.17, 15) is 9.65 Å². The van der Waals surface area contributed by atoms with Gasteiger partial charge in [0.05, 0.1) is 33.4 Å². The molecule has 0 aliphatic carbocycles. The van der Waals surface area contributed by atoms with Gasteiger partial charge in [0.25, 0.3) is 0 Å². The Kier molecular flexibility index (Phi) is 9.44. The van der Waals surface area contributed by atoms with Crippen LogP contribution in [0.1, 0.15) is 5.56 Å². The fourth-order valence-electron chi connectivity index (χ4n) is 9.78. The lowest BCUT2D eigenvalue weighted by molar-refractivity contribution is 0.449. The summed E-state index contributed by atoms with van der Waals surface area (Å²) in [5, 5.41) is 15.5. The lowest BCUT2D eigenvalue weighted by Gasteiger charge is -2.19. The van der Waals surface area contributed by atoms with E-state index in [0.717, 1.165) is 94.2 Å². The molecule has 6 heteroatoms. The molecule has 0 aliphatic rings. The molecule has 0 unspecified atom stereocenters. The van der Waals surface area contributed by atoms with E-state index >= 15 is 8.78 Å². The van der Waals surface area contributed by atoms with Gasteiger partial charge in [0, 0.05) is 27.1 Å². The maximum absolute atomic E-state index is 16.4. The zero-order valence-corrected chi connectivity index (χ0v) is 35.8. The molecule has 0 aliphatic heterocycles. The highest BCUT2D eigenvalue weighted by atomic mass is 19.2. The first-order valence-electron chi connectivity index (χ1n) is 22.0. The Bertz CT molecular complexity index is 3530. The minimum atomic E-state index is -1.57. The van der Waals surface area contributed by atoms with Gasteiger partial charge in [-0.15, -0.1) is 0 Å². The number of halogens is 3. The van der Waals surface area contributed by atoms with Crippen molar-refractivity contribution in [2.24, 2.45) is 0 Å². The summed E-state index contributed by atoms with van der Waals surface area (Å²) in [6.07, 6.45) is 0. The van der Waals surface area contributed by atoms with Gasteiger partial charge in [-0.1, -0.05) is 170 Å². The molecule has 12 rings (SSSR count). The van der Waals surface area contributed by atoms with Crippen molar-refractivity contribution in [3.63, 3.8) is 0 Å². The van der Waals surface area contributed by atoms with Gasteiger partial charge in [-0.05, 0) is 98.6 Å². The van der Waals surface area contributed by atoms with Crippen molar-refractivity contribution < 1.29 is 13.2 Å². The van der Waals surface area contributed by atoms with Crippen LogP contribution < -0.4 is 0 Å². The standard InChI is InChI=1S/C61H36F3N3/c62-53-30-29-47(60(63)61(53)64)46-35-58(66-54-31-42(38-13-5-1-6-14-38)21-25-48(54)49-26-22-43(32-55(49)66)39-15-7-2-8-16-39)52(37-65)59(36-46)67-56-33-44(40-17-9-3-10-18-40)23-27-50(56)51-28-24-45(34-57(51)67)41-19-11-4-12-20-41/h1-36H. The summed E-state index contributed by atoms with van der Waals surface area (Å²) in [5.74, 6) is -4.18. The zero-order valence-electron chi connectivity index (χ0n) is 35.8. The fraction of sp³-hybridized carbons (Fsp3) is 0. The zero-order chi connectivity index (χ0) is 45.2. The lowest BCUT2D eigenvalue weighted by atomic mass is 9.98. The summed E-state index contributed by atoms with van der Waals surface area (Å²) in [6.45, 7) is 0. The van der Waals surface area contributed by atoms with E-state index in [0.29, 0.717) is 16.9 Å². The Balaban J connectivity index is 1.25. The second-order valence-corrected chi connectivity index (χ2v) is 16.8. The Labute approximate surface area is 384 Å². The van der Waals surface area contributed by atoms with Gasteiger partial charge in [0.15, 0.2) is 17.5 Å². The van der Waals surface area contributed by atoms with E-state index in [4.69, 9.17) is 0 Å². The van der Waals surface area contributed by atoms with Crippen LogP contribution in [0, 0.1) is 28.8 Å². The Morgan fingerprint density at radius 2 is 0.642 bits per heavy atom. The van der Waals surface area contributed by atoms with Gasteiger partial charge in [-0.25, -0.2) is 13.2 Å². The number of nitriles is 1. The van der Waals surface area contributed by atoms with E-state index in [1.165, 1.54) is 6.07 Å². The van der Waals surface area contributed by atoms with Gasteiger partial charge in [-0.3, -0.25) is 0 Å². The smallest absolute Gasteiger partial charge is 0.195 e. The molecule has 0 spiro atoms. The normalized spacial score (nSPS) is 11.5. The van der Waals surface area contributed by atoms with E-state index in [2.05, 4.69) is 137 Å². The second kappa shape index (κ2) is 16.0. The third kappa shape index (κ3) is 6.59. The highest BCUT2D eigenvalue weighted by Crippen LogP contribution is 2.44. The maximum atomic E-state index is 16.4. The van der Waals surface area contributed by atoms with Crippen LogP contribution in [-0.2, 0) is 0 Å². The minimum absolute atomic E-state index is 0.141. The molecule has 10 aromatic carbocycles. The number of fused-ring (bicyclic) bond motifs is 6. The molecule has 2 heterocycles. The largest absolute Gasteiger partial charge is 0.308 e. The molecule has 2 aromatic heterocycles. The average Bonchev–Trinajstić information content (AvgIpc) is 3.89. The molecule has 0 radical (unpaired) electrons. The molecule has 0 saturated heterocycles. The molecular weight excluding hydrogens is 832 g/mol. The second-order valence-electron chi connectivity index (χ2n) is 16.8. The topological polar surface area (TPSA) is 33.6 Å². The third-order valence-electron chi connectivity index (χ3n) is 13.0. The molecular formula is C61H36F3N3. The molecule has 0 atom stereocenters. The number of hydrogen-bond acceptors (Lipinski definition) is 1. The summed E-state index contributed by atoms with van der Waals surface area (Å²) in [7, 11) is 0. The van der Waals surface area contributed by atoms with Crippen molar-refractivity contribution in [2.75, 3.05) is 0 Å². The average molecular weight is 868 g/mol. The first kappa shape index (κ1) is 39.7. The van der Waals surface area contributed by atoms with Gasteiger partial charge >= 0.3 is 0 Å². The molecule has 316 valence electrons. The Hall–Kier alpha value is -8.92. The first-order chi connectivity index (χ1) is 32.9. The van der Waals surface area contributed by atoms with Crippen LogP contribution in [0.25, 0.3) is 111 Å². The van der Waals surface area contributed by atoms with E-state index in [1.54, 1.807) is 12.1 Å². The van der Waals surface area contributed by atoms with Crippen LogP contribution in [0.4, 0.5) is 13.2 Å². The fourth-order valence-corrected chi connectivity index (χ4v) is 9.78. The van der Waals surface area contributed by atoms with E-state index < -0.39 is 17.5 Å². The monoisotopic (exact) mass is 867 g/mol. The van der Waals surface area contributed by atoms with Crippen molar-refractivity contribution in [1.29, 1.82) is 5.26 Å². The molecule has 0 N–H and O–H groups in total. The molecule has 0 saturated carbocycles. The van der Waals surface area contributed by atoms with Crippen LogP contribution in [0.15, 0.2) is 218 Å². The summed E-state index contributed by atoms with van der Waals surface area (Å²) < 4.78 is 50.7. The Morgan fingerprint density at radius 3 is 0.955 bits per heavy atom. The van der Waals surface area contributed by atoms with Crippen molar-refractivity contribution in [3.05, 3.63) is 241 Å². The highest BCUT2D eigenvalue weighted by Gasteiger charge is 2.25. The quantitative estimate of drug-likeness (QED) is 0.147. The number of aromatic nitrogens is 2. The molecule has 12 aromatic rings. The number of hydrogen-bond donors (Lipinski definition) is 0. The van der Waals surface area contributed by atoms with Crippen LogP contribution in [0.2, 0.25) is 0 Å². The molecule has 0 bridgehead atoms. The summed E-state index contributed by atoms with van der Waals surface area (Å²) in [4.78, 5) is 0. The van der Waals surface area contributed by atoms with Gasteiger partial charge in [-0.2, -0.15) is 5.26 Å². The summed E-state index contributed by atoms with van der Waals surface area (Å²) >= 11 is 0. The summed E-state index contributed by atoms with van der Waals surface area (Å²) in [5.41, 5.74) is 12.5. The van der Waals surface area contributed by atoms with Gasteiger partial charge in [0.1, 0.15) is 11.6 Å². The number of benzene rings is 10. The van der Waals surface area contributed by atoms with Crippen molar-refractivity contribution in [2.45, 2.75) is 0 Å². The SMILES string of the molecule is N#Cc1c(-n2c3cc(-c4ccccc4)ccc3c3ccc(-c4ccccc4)cc32)cc(-c2ccc(F)c(F)c2F)cc1-n1c2cc(-c3ccccc3)ccc2c2ccc(-c3ccccc3)cc21. The number of rotatable bonds is 7. The maximum Gasteiger partial charge on any atom is 0.195 e. The van der Waals surface area contributed by atoms with Crippen LogP contribution >= 0.6 is 0 Å². The molecule has 67 heavy (non-hydrogen) atoms. The lowest BCUT2D eigenvalue weighted by Crippen LogP contribution is -2.06. The highest BCUT2D eigenvalue weighted by molar-refractivity contribution is 6.13. The van der Waals surface area contributed by atoms with Crippen LogP contribution in [0.3, 0.4) is 0 Å². The van der Waals surface area contributed by atoms with E-state index in [1.807, 2.05) is 72.8 Å². The predicted molar refractivity (Wildman–Crippen MR) is 267 cm³/mol. The molecule has 3 nitrogen and oxygen atoms in total. The third-order valence-corrected chi connectivity index (χ3v) is 13.0. The van der Waals surface area contributed by atoms with Crippen molar-refractivity contribution in [3.8, 4) is 73.1 Å². The predicted octanol–water partition coefficient (Wildman–Crippen LogP) is 16.5. The van der Waals surface area contributed by atoms with Gasteiger partial charge in [0.2, 0.25) is 0 Å². The van der Waals surface area contributed by atoms with Crippen LogP contribution in [0.5, 0.6) is 0 Å². The van der Waals surface area contributed by atoms with Crippen molar-refractivity contribution in [1.82, 2.24) is 9.13 Å². The molecule has 0 amide bonds. The number of nitrogens with zero attached hydrogens (tertiary/aromatic N) is 3. The van der Waals surface area contributed by atoms with E-state index in [-0.39, 0.29) is 11.1 Å².